The molecule has 0 amide bonds. The molecule has 0 unspecified atom stereocenters. The second-order valence-corrected chi connectivity index (χ2v) is 4.18. The van der Waals surface area contributed by atoms with Gasteiger partial charge in [-0.1, -0.05) is 6.07 Å². The van der Waals surface area contributed by atoms with Crippen molar-refractivity contribution in [1.82, 2.24) is 5.32 Å². The van der Waals surface area contributed by atoms with Gasteiger partial charge in [-0.3, -0.25) is 0 Å². The highest BCUT2D eigenvalue weighted by atomic mass is 32.2. The lowest BCUT2D eigenvalue weighted by atomic mass is 10.1. The maximum absolute atomic E-state index is 8.96. The minimum absolute atomic E-state index is 0.133. The van der Waals surface area contributed by atoms with E-state index in [1.165, 1.54) is 11.8 Å². The number of nitrogens with zero attached hydrogens (tertiary/aromatic N) is 1. The molecule has 80 valence electrons. The fraction of sp³-hybridized carbons (Fsp3) is 0.364. The largest absolute Gasteiger partial charge is 0.396 e. The predicted octanol–water partition coefficient (Wildman–Crippen LogP) is 1.36. The summed E-state index contributed by atoms with van der Waals surface area (Å²) >= 11 is 1.51. The van der Waals surface area contributed by atoms with Crippen LogP contribution in [0.25, 0.3) is 0 Å². The first-order chi connectivity index (χ1) is 7.31. The third kappa shape index (κ3) is 3.56. The highest BCUT2D eigenvalue weighted by Gasteiger charge is 2.03. The van der Waals surface area contributed by atoms with E-state index in [1.807, 2.05) is 25.2 Å². The second-order valence-electron chi connectivity index (χ2n) is 3.04. The standard InChI is InChI=1S/C11H14N2OS/c1-13-8-9-2-3-11(15-5-4-14)10(6-9)7-12/h2-3,6,13-14H,4-5,8H2,1H3. The first-order valence-corrected chi connectivity index (χ1v) is 5.71. The molecule has 0 atom stereocenters. The van der Waals surface area contributed by atoms with E-state index in [9.17, 15) is 0 Å². The fourth-order valence-corrected chi connectivity index (χ4v) is 2.00. The van der Waals surface area contributed by atoms with E-state index in [1.54, 1.807) is 0 Å². The Hall–Kier alpha value is -1.02. The molecule has 0 saturated heterocycles. The lowest BCUT2D eigenvalue weighted by Gasteiger charge is -2.05. The predicted molar refractivity (Wildman–Crippen MR) is 61.7 cm³/mol. The van der Waals surface area contributed by atoms with Gasteiger partial charge in [-0.05, 0) is 24.7 Å². The Morgan fingerprint density at radius 2 is 2.33 bits per heavy atom. The molecule has 0 saturated carbocycles. The minimum atomic E-state index is 0.133. The molecule has 15 heavy (non-hydrogen) atoms. The van der Waals surface area contributed by atoms with Gasteiger partial charge in [-0.2, -0.15) is 5.26 Å². The van der Waals surface area contributed by atoms with Gasteiger partial charge in [0.2, 0.25) is 0 Å². The van der Waals surface area contributed by atoms with Gasteiger partial charge in [0.05, 0.1) is 12.2 Å². The first-order valence-electron chi connectivity index (χ1n) is 4.73. The van der Waals surface area contributed by atoms with Crippen LogP contribution < -0.4 is 5.32 Å². The van der Waals surface area contributed by atoms with Gasteiger partial charge in [0.25, 0.3) is 0 Å². The zero-order chi connectivity index (χ0) is 11.1. The summed E-state index contributed by atoms with van der Waals surface area (Å²) in [6.45, 7) is 0.896. The summed E-state index contributed by atoms with van der Waals surface area (Å²) in [4.78, 5) is 0.936. The van der Waals surface area contributed by atoms with E-state index in [0.29, 0.717) is 11.3 Å². The van der Waals surface area contributed by atoms with Gasteiger partial charge in [-0.15, -0.1) is 11.8 Å². The van der Waals surface area contributed by atoms with E-state index in [4.69, 9.17) is 10.4 Å². The number of nitrogens with one attached hydrogen (secondary N) is 1. The van der Waals surface area contributed by atoms with Crippen molar-refractivity contribution in [2.75, 3.05) is 19.4 Å². The third-order valence-corrected chi connectivity index (χ3v) is 2.95. The van der Waals surface area contributed by atoms with Crippen molar-refractivity contribution < 1.29 is 5.11 Å². The summed E-state index contributed by atoms with van der Waals surface area (Å²) in [6, 6.07) is 7.99. The zero-order valence-electron chi connectivity index (χ0n) is 8.66. The average molecular weight is 222 g/mol. The molecule has 4 heteroatoms. The number of nitriles is 1. The van der Waals surface area contributed by atoms with Crippen LogP contribution in [0, 0.1) is 11.3 Å². The summed E-state index contributed by atoms with van der Waals surface area (Å²) in [6.07, 6.45) is 0. The summed E-state index contributed by atoms with van der Waals surface area (Å²) in [5.74, 6) is 0.625. The molecule has 0 aliphatic heterocycles. The van der Waals surface area contributed by atoms with Crippen molar-refractivity contribution in [2.24, 2.45) is 0 Å². The number of thioether (sulfide) groups is 1. The molecule has 0 aliphatic rings. The molecule has 0 spiro atoms. The number of aliphatic hydroxyl groups excluding tert-OH is 1. The summed E-state index contributed by atoms with van der Waals surface area (Å²) in [5.41, 5.74) is 1.78. The van der Waals surface area contributed by atoms with Gasteiger partial charge >= 0.3 is 0 Å². The molecule has 1 rings (SSSR count). The number of hydrogen-bond acceptors (Lipinski definition) is 4. The van der Waals surface area contributed by atoms with Gasteiger partial charge in [0.15, 0.2) is 0 Å². The normalized spacial score (nSPS) is 9.93. The molecule has 0 radical (unpaired) electrons. The summed E-state index contributed by atoms with van der Waals surface area (Å²) in [5, 5.41) is 20.7. The molecule has 2 N–H and O–H groups in total. The molecule has 0 heterocycles. The number of aliphatic hydroxyl groups is 1. The van der Waals surface area contributed by atoms with Gasteiger partial charge < -0.3 is 10.4 Å². The fourth-order valence-electron chi connectivity index (χ4n) is 1.26. The van der Waals surface area contributed by atoms with Crippen LogP contribution in [0.2, 0.25) is 0 Å². The molecule has 0 aromatic heterocycles. The zero-order valence-corrected chi connectivity index (χ0v) is 9.47. The molecule has 0 fully saturated rings. The highest BCUT2D eigenvalue weighted by Crippen LogP contribution is 2.23. The topological polar surface area (TPSA) is 56.0 Å². The average Bonchev–Trinajstić information content (AvgIpc) is 2.27. The highest BCUT2D eigenvalue weighted by molar-refractivity contribution is 7.99. The summed E-state index contributed by atoms with van der Waals surface area (Å²) < 4.78 is 0. The minimum Gasteiger partial charge on any atom is -0.396 e. The Morgan fingerprint density at radius 1 is 1.53 bits per heavy atom. The van der Waals surface area contributed by atoms with Crippen molar-refractivity contribution in [2.45, 2.75) is 11.4 Å². The Balaban J connectivity index is 2.84. The van der Waals surface area contributed by atoms with Crippen LogP contribution in [-0.2, 0) is 6.54 Å². The van der Waals surface area contributed by atoms with E-state index < -0.39 is 0 Å². The number of hydrogen-bond donors (Lipinski definition) is 2. The maximum atomic E-state index is 8.96. The molecule has 0 aliphatic carbocycles. The van der Waals surface area contributed by atoms with Crippen LogP contribution in [0.3, 0.4) is 0 Å². The molecular weight excluding hydrogens is 208 g/mol. The van der Waals surface area contributed by atoms with E-state index >= 15 is 0 Å². The van der Waals surface area contributed by atoms with Crippen LogP contribution in [0.15, 0.2) is 23.1 Å². The van der Waals surface area contributed by atoms with Crippen LogP contribution in [0.5, 0.6) is 0 Å². The summed E-state index contributed by atoms with van der Waals surface area (Å²) in [7, 11) is 1.88. The van der Waals surface area contributed by atoms with E-state index in [0.717, 1.165) is 17.0 Å². The lowest BCUT2D eigenvalue weighted by molar-refractivity contribution is 0.322. The Kier molecular flexibility index (Phi) is 5.19. The number of rotatable bonds is 5. The van der Waals surface area contributed by atoms with E-state index in [-0.39, 0.29) is 6.61 Å². The van der Waals surface area contributed by atoms with Crippen molar-refractivity contribution in [3.63, 3.8) is 0 Å². The smallest absolute Gasteiger partial charge is 0.100 e. The second kappa shape index (κ2) is 6.46. The quantitative estimate of drug-likeness (QED) is 0.739. The van der Waals surface area contributed by atoms with Crippen LogP contribution in [0.1, 0.15) is 11.1 Å². The Morgan fingerprint density at radius 3 is 2.93 bits per heavy atom. The van der Waals surface area contributed by atoms with Crippen LogP contribution in [0.4, 0.5) is 0 Å². The Bertz CT molecular complexity index is 360. The lowest BCUT2D eigenvalue weighted by Crippen LogP contribution is -2.05. The number of benzene rings is 1. The van der Waals surface area contributed by atoms with Gasteiger partial charge in [-0.25, -0.2) is 0 Å². The molecule has 0 bridgehead atoms. The third-order valence-electron chi connectivity index (χ3n) is 1.89. The van der Waals surface area contributed by atoms with Crippen molar-refractivity contribution in [3.8, 4) is 6.07 Å². The Labute approximate surface area is 94.1 Å². The van der Waals surface area contributed by atoms with Crippen LogP contribution >= 0.6 is 11.8 Å². The monoisotopic (exact) mass is 222 g/mol. The van der Waals surface area contributed by atoms with Crippen molar-refractivity contribution in [3.05, 3.63) is 29.3 Å². The molecule has 1 aromatic rings. The SMILES string of the molecule is CNCc1ccc(SCCO)c(C#N)c1. The van der Waals surface area contributed by atoms with Crippen molar-refractivity contribution in [1.29, 1.82) is 5.26 Å². The first kappa shape index (κ1) is 12.1. The van der Waals surface area contributed by atoms with Crippen molar-refractivity contribution >= 4 is 11.8 Å². The molecule has 3 nitrogen and oxygen atoms in total. The molecule has 1 aromatic carbocycles. The maximum Gasteiger partial charge on any atom is 0.100 e. The van der Waals surface area contributed by atoms with Gasteiger partial charge in [0, 0.05) is 17.2 Å². The van der Waals surface area contributed by atoms with Gasteiger partial charge in [0.1, 0.15) is 6.07 Å². The molecular formula is C11H14N2OS. The van der Waals surface area contributed by atoms with E-state index in [2.05, 4.69) is 11.4 Å². The van der Waals surface area contributed by atoms with Crippen LogP contribution in [-0.4, -0.2) is 24.5 Å².